The zero-order valence-corrected chi connectivity index (χ0v) is 11.6. The molecule has 0 saturated carbocycles. The van der Waals surface area contributed by atoms with Gasteiger partial charge in [-0.05, 0) is 25.3 Å². The molecule has 1 unspecified atom stereocenters. The molecular formula is C14H18N2O2S. The molecule has 1 aliphatic rings. The molecule has 0 bridgehead atoms. The minimum atomic E-state index is -0.273. The lowest BCUT2D eigenvalue weighted by Crippen LogP contribution is -2.37. The largest absolute Gasteiger partial charge is 0.368 e. The molecule has 1 aromatic heterocycles. The average Bonchev–Trinajstić information content (AvgIpc) is 2.91. The van der Waals surface area contributed by atoms with Crippen molar-refractivity contribution in [2.75, 3.05) is 13.2 Å². The van der Waals surface area contributed by atoms with Crippen molar-refractivity contribution in [2.24, 2.45) is 5.73 Å². The van der Waals surface area contributed by atoms with E-state index in [1.807, 2.05) is 11.4 Å². The monoisotopic (exact) mass is 278 g/mol. The minimum absolute atomic E-state index is 0.0114. The quantitative estimate of drug-likeness (QED) is 0.818. The summed E-state index contributed by atoms with van der Waals surface area (Å²) in [6.45, 7) is 1.59. The molecule has 2 rings (SSSR count). The van der Waals surface area contributed by atoms with E-state index in [-0.39, 0.29) is 12.0 Å². The van der Waals surface area contributed by atoms with E-state index in [1.165, 1.54) is 0 Å². The van der Waals surface area contributed by atoms with E-state index in [2.05, 4.69) is 17.2 Å². The number of nitrogens with one attached hydrogen (secondary N) is 1. The van der Waals surface area contributed by atoms with Gasteiger partial charge in [-0.25, -0.2) is 0 Å². The van der Waals surface area contributed by atoms with E-state index >= 15 is 0 Å². The van der Waals surface area contributed by atoms with Crippen molar-refractivity contribution in [3.8, 4) is 11.8 Å². The highest BCUT2D eigenvalue weighted by Crippen LogP contribution is 2.15. The maximum Gasteiger partial charge on any atom is 0.249 e. The number of carbonyl (C=O) groups excluding carboxylic acids is 1. The Hall–Kier alpha value is -1.35. The molecule has 102 valence electrons. The van der Waals surface area contributed by atoms with Crippen LogP contribution >= 0.6 is 11.3 Å². The lowest BCUT2D eigenvalue weighted by Gasteiger charge is -2.21. The van der Waals surface area contributed by atoms with Crippen LogP contribution in [0.4, 0.5) is 0 Å². The van der Waals surface area contributed by atoms with Crippen LogP contribution < -0.4 is 11.1 Å². The molecule has 1 amide bonds. The van der Waals surface area contributed by atoms with Gasteiger partial charge in [-0.3, -0.25) is 4.79 Å². The Balaban J connectivity index is 1.81. The van der Waals surface area contributed by atoms with Crippen LogP contribution in [0.1, 0.15) is 29.7 Å². The molecule has 1 aliphatic heterocycles. The van der Waals surface area contributed by atoms with Crippen LogP contribution in [0.15, 0.2) is 11.4 Å². The fourth-order valence-corrected chi connectivity index (χ4v) is 2.68. The van der Waals surface area contributed by atoms with E-state index < -0.39 is 0 Å². The van der Waals surface area contributed by atoms with Crippen LogP contribution in [-0.4, -0.2) is 25.2 Å². The SMILES string of the molecule is NCC#Cc1csc(CNC(=O)C2CCCCO2)c1. The molecule has 1 fully saturated rings. The summed E-state index contributed by atoms with van der Waals surface area (Å²) in [6.07, 6.45) is 2.67. The van der Waals surface area contributed by atoms with Crippen LogP contribution in [0.3, 0.4) is 0 Å². The highest BCUT2D eigenvalue weighted by molar-refractivity contribution is 7.10. The van der Waals surface area contributed by atoms with Crippen LogP contribution in [0.2, 0.25) is 0 Å². The van der Waals surface area contributed by atoms with Gasteiger partial charge in [0.05, 0.1) is 13.1 Å². The number of hydrogen-bond acceptors (Lipinski definition) is 4. The van der Waals surface area contributed by atoms with Crippen molar-refractivity contribution < 1.29 is 9.53 Å². The summed E-state index contributed by atoms with van der Waals surface area (Å²) >= 11 is 1.59. The molecule has 4 nitrogen and oxygen atoms in total. The zero-order chi connectivity index (χ0) is 13.5. The van der Waals surface area contributed by atoms with Crippen LogP contribution in [0.25, 0.3) is 0 Å². The first-order chi connectivity index (χ1) is 9.29. The third-order valence-corrected chi connectivity index (χ3v) is 3.83. The molecular weight excluding hydrogens is 260 g/mol. The summed E-state index contributed by atoms with van der Waals surface area (Å²) in [5.74, 6) is 5.77. The minimum Gasteiger partial charge on any atom is -0.368 e. The van der Waals surface area contributed by atoms with Gasteiger partial charge < -0.3 is 15.8 Å². The number of carbonyl (C=O) groups is 1. The average molecular weight is 278 g/mol. The number of amides is 1. The molecule has 19 heavy (non-hydrogen) atoms. The Morgan fingerprint density at radius 3 is 3.21 bits per heavy atom. The number of hydrogen-bond donors (Lipinski definition) is 2. The van der Waals surface area contributed by atoms with E-state index in [9.17, 15) is 4.79 Å². The first kappa shape index (κ1) is 14.1. The lowest BCUT2D eigenvalue weighted by atomic mass is 10.1. The summed E-state index contributed by atoms with van der Waals surface area (Å²) < 4.78 is 5.44. The van der Waals surface area contributed by atoms with E-state index in [0.717, 1.165) is 29.7 Å². The first-order valence-electron chi connectivity index (χ1n) is 6.45. The summed E-state index contributed by atoms with van der Waals surface area (Å²) in [5.41, 5.74) is 6.28. The molecule has 1 aromatic rings. The third kappa shape index (κ3) is 4.35. The fourth-order valence-electron chi connectivity index (χ4n) is 1.93. The van der Waals surface area contributed by atoms with Gasteiger partial charge in [0, 0.05) is 22.4 Å². The van der Waals surface area contributed by atoms with E-state index in [4.69, 9.17) is 10.5 Å². The maximum absolute atomic E-state index is 11.9. The molecule has 0 aliphatic carbocycles. The lowest BCUT2D eigenvalue weighted by molar-refractivity contribution is -0.135. The smallest absolute Gasteiger partial charge is 0.249 e. The van der Waals surface area contributed by atoms with E-state index in [0.29, 0.717) is 19.7 Å². The van der Waals surface area contributed by atoms with Crippen molar-refractivity contribution in [3.05, 3.63) is 21.9 Å². The van der Waals surface area contributed by atoms with Gasteiger partial charge in [0.2, 0.25) is 5.91 Å². The molecule has 1 saturated heterocycles. The number of ether oxygens (including phenoxy) is 1. The Labute approximate surface area is 117 Å². The first-order valence-corrected chi connectivity index (χ1v) is 7.33. The topological polar surface area (TPSA) is 64.3 Å². The predicted octanol–water partition coefficient (Wildman–Crippen LogP) is 1.24. The fraction of sp³-hybridized carbons (Fsp3) is 0.500. The Morgan fingerprint density at radius 2 is 2.47 bits per heavy atom. The van der Waals surface area contributed by atoms with Crippen LogP contribution in [0, 0.1) is 11.8 Å². The Morgan fingerprint density at radius 1 is 1.58 bits per heavy atom. The Bertz CT molecular complexity index is 481. The van der Waals surface area contributed by atoms with Crippen molar-refractivity contribution in [2.45, 2.75) is 31.9 Å². The molecule has 0 radical (unpaired) electrons. The third-order valence-electron chi connectivity index (χ3n) is 2.90. The maximum atomic E-state index is 11.9. The van der Waals surface area contributed by atoms with Gasteiger partial charge >= 0.3 is 0 Å². The van der Waals surface area contributed by atoms with Gasteiger partial charge in [-0.2, -0.15) is 0 Å². The second-order valence-electron chi connectivity index (χ2n) is 4.38. The van der Waals surface area contributed by atoms with Crippen LogP contribution in [0.5, 0.6) is 0 Å². The van der Waals surface area contributed by atoms with Crippen molar-refractivity contribution in [1.82, 2.24) is 5.32 Å². The zero-order valence-electron chi connectivity index (χ0n) is 10.8. The van der Waals surface area contributed by atoms with Gasteiger partial charge in [-0.1, -0.05) is 11.8 Å². The van der Waals surface area contributed by atoms with Crippen molar-refractivity contribution in [1.29, 1.82) is 0 Å². The molecule has 0 aromatic carbocycles. The highest BCUT2D eigenvalue weighted by atomic mass is 32.1. The summed E-state index contributed by atoms with van der Waals surface area (Å²) in [6, 6.07) is 1.98. The second-order valence-corrected chi connectivity index (χ2v) is 5.38. The molecule has 5 heteroatoms. The highest BCUT2D eigenvalue weighted by Gasteiger charge is 2.21. The molecule has 0 spiro atoms. The summed E-state index contributed by atoms with van der Waals surface area (Å²) in [4.78, 5) is 13.0. The second kappa shape index (κ2) is 7.29. The van der Waals surface area contributed by atoms with Crippen LogP contribution in [-0.2, 0) is 16.1 Å². The van der Waals surface area contributed by atoms with E-state index in [1.54, 1.807) is 11.3 Å². The van der Waals surface area contributed by atoms with Gasteiger partial charge in [-0.15, -0.1) is 11.3 Å². The van der Waals surface area contributed by atoms with Gasteiger partial charge in [0.25, 0.3) is 0 Å². The van der Waals surface area contributed by atoms with Crippen molar-refractivity contribution in [3.63, 3.8) is 0 Å². The van der Waals surface area contributed by atoms with Gasteiger partial charge in [0.1, 0.15) is 6.10 Å². The molecule has 1 atom stereocenters. The van der Waals surface area contributed by atoms with Gasteiger partial charge in [0.15, 0.2) is 0 Å². The summed E-state index contributed by atoms with van der Waals surface area (Å²) in [5, 5.41) is 4.89. The molecule has 2 heterocycles. The normalized spacial score (nSPS) is 18.5. The number of rotatable bonds is 3. The van der Waals surface area contributed by atoms with Crippen molar-refractivity contribution >= 4 is 17.2 Å². The number of thiophene rings is 1. The summed E-state index contributed by atoms with van der Waals surface area (Å²) in [7, 11) is 0. The molecule has 3 N–H and O–H groups in total. The standard InChI is InChI=1S/C14H18N2O2S/c15-6-3-4-11-8-12(19-10-11)9-16-14(17)13-5-1-2-7-18-13/h8,10,13H,1-2,5-7,9,15H2,(H,16,17). The number of nitrogens with two attached hydrogens (primary N) is 1. The Kier molecular flexibility index (Phi) is 5.40. The predicted molar refractivity (Wildman–Crippen MR) is 75.7 cm³/mol.